The first-order valence-corrected chi connectivity index (χ1v) is 26.3. The van der Waals surface area contributed by atoms with Gasteiger partial charge < -0.3 is 14.7 Å². The monoisotopic (exact) mass is 921 g/mol. The zero-order valence-electron chi connectivity index (χ0n) is 39.0. The quantitative estimate of drug-likeness (QED) is 0.163. The Bertz CT molecular complexity index is 3960. The van der Waals surface area contributed by atoms with Gasteiger partial charge in [-0.1, -0.05) is 141 Å². The van der Waals surface area contributed by atoms with Crippen LogP contribution in [0.1, 0.15) is 50.7 Å². The van der Waals surface area contributed by atoms with Crippen molar-refractivity contribution in [3.05, 3.63) is 199 Å². The fourth-order valence-corrected chi connectivity index (χ4v) is 15.9. The minimum Gasteiger partial charge on any atom is -0.334 e. The van der Waals surface area contributed by atoms with E-state index in [-0.39, 0.29) is 17.7 Å². The largest absolute Gasteiger partial charge is 0.334 e. The predicted molar refractivity (Wildman–Crippen MR) is 299 cm³/mol. The lowest BCUT2D eigenvalue weighted by molar-refractivity contribution is 0.195. The Hall–Kier alpha value is -7.12. The fraction of sp³-hybridized carbons (Fsp3) is 0.143. The van der Waals surface area contributed by atoms with E-state index in [4.69, 9.17) is 0 Å². The molecule has 1 fully saturated rings. The van der Waals surface area contributed by atoms with Crippen LogP contribution >= 0.6 is 22.7 Å². The fourth-order valence-electron chi connectivity index (χ4n) is 13.5. The molecule has 69 heavy (non-hydrogen) atoms. The van der Waals surface area contributed by atoms with Crippen LogP contribution in [-0.2, 0) is 5.41 Å². The molecule has 0 amide bonds. The smallest absolute Gasteiger partial charge is 0.252 e. The normalized spacial score (nSPS) is 19.0. The Morgan fingerprint density at radius 2 is 1.09 bits per heavy atom. The number of nitrogens with zero attached hydrogens (tertiary/aromatic N) is 3. The van der Waals surface area contributed by atoms with Gasteiger partial charge in [0.15, 0.2) is 0 Å². The molecule has 0 radical (unpaired) electrons. The zero-order chi connectivity index (χ0) is 45.8. The van der Waals surface area contributed by atoms with Crippen molar-refractivity contribution in [2.24, 2.45) is 0 Å². The topological polar surface area (TPSA) is 9.72 Å². The first-order valence-electron chi connectivity index (χ1n) is 24.7. The number of hydrogen-bond donors (Lipinski definition) is 0. The molecule has 2 aromatic heterocycles. The molecule has 0 saturated heterocycles. The highest BCUT2D eigenvalue weighted by Crippen LogP contribution is 2.61. The molecule has 0 N–H and O–H groups in total. The Labute approximate surface area is 411 Å². The van der Waals surface area contributed by atoms with E-state index in [9.17, 15) is 0 Å². The summed E-state index contributed by atoms with van der Waals surface area (Å²) in [5.74, 6) is 0. The number of rotatable bonds is 4. The molecule has 1 aliphatic carbocycles. The highest BCUT2D eigenvalue weighted by atomic mass is 32.1. The van der Waals surface area contributed by atoms with Crippen molar-refractivity contribution in [3.8, 4) is 11.1 Å². The van der Waals surface area contributed by atoms with Gasteiger partial charge in [0.25, 0.3) is 6.71 Å². The zero-order valence-corrected chi connectivity index (χ0v) is 40.6. The molecule has 330 valence electrons. The van der Waals surface area contributed by atoms with E-state index in [1.54, 1.807) is 0 Å². The Kier molecular flexibility index (Phi) is 8.35. The average molecular weight is 922 g/mol. The molecular weight excluding hydrogens is 874 g/mol. The molecule has 2 unspecified atom stereocenters. The minimum atomic E-state index is -0.0611. The van der Waals surface area contributed by atoms with Crippen LogP contribution in [0.25, 0.3) is 51.5 Å². The van der Waals surface area contributed by atoms with Crippen molar-refractivity contribution in [1.29, 1.82) is 0 Å². The van der Waals surface area contributed by atoms with Crippen molar-refractivity contribution in [3.63, 3.8) is 0 Å². The van der Waals surface area contributed by atoms with E-state index in [1.165, 1.54) is 144 Å². The van der Waals surface area contributed by atoms with Crippen molar-refractivity contribution >= 4 is 132 Å². The van der Waals surface area contributed by atoms with Gasteiger partial charge in [0, 0.05) is 75.2 Å². The van der Waals surface area contributed by atoms with E-state index < -0.39 is 0 Å². The van der Waals surface area contributed by atoms with Crippen LogP contribution < -0.4 is 31.1 Å². The first-order chi connectivity index (χ1) is 33.9. The molecule has 0 bridgehead atoms. The van der Waals surface area contributed by atoms with Crippen molar-refractivity contribution < 1.29 is 0 Å². The number of anilines is 8. The average Bonchev–Trinajstić information content (AvgIpc) is 4.03. The molecule has 6 heteroatoms. The number of benzene rings is 9. The summed E-state index contributed by atoms with van der Waals surface area (Å²) in [5, 5.41) is 5.24. The van der Waals surface area contributed by atoms with E-state index in [0.29, 0.717) is 0 Å². The Morgan fingerprint density at radius 1 is 0.464 bits per heavy atom. The molecule has 4 aliphatic rings. The molecular formula is C63H48BN3S2. The lowest BCUT2D eigenvalue weighted by Crippen LogP contribution is -2.61. The summed E-state index contributed by atoms with van der Waals surface area (Å²) < 4.78 is 5.26. The molecule has 3 aliphatic heterocycles. The molecule has 9 aromatic carbocycles. The van der Waals surface area contributed by atoms with Crippen LogP contribution in [0.4, 0.5) is 45.5 Å². The van der Waals surface area contributed by atoms with Gasteiger partial charge >= 0.3 is 0 Å². The van der Waals surface area contributed by atoms with Crippen LogP contribution in [0.15, 0.2) is 188 Å². The summed E-state index contributed by atoms with van der Waals surface area (Å²) >= 11 is 3.81. The number of fused-ring (bicyclic) bond motifs is 13. The number of para-hydroxylation sites is 1. The van der Waals surface area contributed by atoms with E-state index >= 15 is 0 Å². The molecule has 3 nitrogen and oxygen atoms in total. The van der Waals surface area contributed by atoms with Crippen LogP contribution in [0.5, 0.6) is 0 Å². The number of thiophene rings is 2. The first kappa shape index (κ1) is 39.8. The number of hydrogen-bond acceptors (Lipinski definition) is 5. The summed E-state index contributed by atoms with van der Waals surface area (Å²) in [6.07, 6.45) is 4.87. The summed E-state index contributed by atoms with van der Waals surface area (Å²) in [6.45, 7) is 7.40. The van der Waals surface area contributed by atoms with Gasteiger partial charge in [-0.25, -0.2) is 0 Å². The molecule has 1 saturated carbocycles. The molecule has 0 spiro atoms. The Morgan fingerprint density at radius 3 is 1.93 bits per heavy atom. The summed E-state index contributed by atoms with van der Waals surface area (Å²) in [6, 6.07) is 71.9. The van der Waals surface area contributed by atoms with Gasteiger partial charge in [0.1, 0.15) is 0 Å². The maximum atomic E-state index is 2.76. The second-order valence-corrected chi connectivity index (χ2v) is 22.5. The second kappa shape index (κ2) is 14.5. The van der Waals surface area contributed by atoms with Gasteiger partial charge in [0.05, 0.1) is 21.6 Å². The minimum absolute atomic E-state index is 0.00611. The van der Waals surface area contributed by atoms with Crippen molar-refractivity contribution in [2.75, 3.05) is 14.7 Å². The van der Waals surface area contributed by atoms with E-state index in [0.717, 1.165) is 6.42 Å². The predicted octanol–water partition coefficient (Wildman–Crippen LogP) is 16.2. The van der Waals surface area contributed by atoms with Crippen LogP contribution in [-0.4, -0.2) is 12.3 Å². The van der Waals surface area contributed by atoms with Gasteiger partial charge in [0.2, 0.25) is 0 Å². The highest BCUT2D eigenvalue weighted by Gasteiger charge is 2.58. The van der Waals surface area contributed by atoms with Gasteiger partial charge in [-0.3, -0.25) is 0 Å². The summed E-state index contributed by atoms with van der Waals surface area (Å²) in [7, 11) is 0. The van der Waals surface area contributed by atoms with Gasteiger partial charge in [-0.05, 0) is 132 Å². The SMILES string of the molecule is Cc1cc2c3c(c1)N(c1cccc4sc5ccccc5c14)c1cc(-c4ccccc4)ccc1B3c1ccc(N3c4ccccc4C4(C)CCCCC34C)cc1N2c1cccc2c1sc1ccccc12. The lowest BCUT2D eigenvalue weighted by atomic mass is 9.33. The maximum Gasteiger partial charge on any atom is 0.252 e. The van der Waals surface area contributed by atoms with Gasteiger partial charge in [-0.2, -0.15) is 0 Å². The molecule has 2 atom stereocenters. The third-order valence-corrected chi connectivity index (χ3v) is 19.2. The summed E-state index contributed by atoms with van der Waals surface area (Å²) in [5.41, 5.74) is 19.3. The number of aryl methyl sites for hydroxylation is 1. The van der Waals surface area contributed by atoms with Crippen molar-refractivity contribution in [1.82, 2.24) is 0 Å². The van der Waals surface area contributed by atoms with E-state index in [2.05, 4.69) is 224 Å². The maximum absolute atomic E-state index is 2.76. The van der Waals surface area contributed by atoms with Crippen LogP contribution in [0, 0.1) is 6.92 Å². The standard InChI is InChI=1S/C63H48BN3S2/c1-39-35-54-60-55(36-39)66(51-25-15-21-44-43-19-7-11-26-56(43)69-61(44)51)53-38-42(67-49-23-10-9-22-46(49)62(2)33-13-14-34-63(62,67)3)30-32-48(53)64(60)47-31-29-41(40-17-5-4-6-18-40)37-52(47)65(54)50-24-16-28-58-59(50)45-20-8-12-27-57(45)68-58/h4-12,15-32,35-38H,13-14,33-34H2,1-3H3. The molecule has 11 aromatic rings. The third-order valence-electron chi connectivity index (χ3n) is 16.8. The van der Waals surface area contributed by atoms with Crippen molar-refractivity contribution in [2.45, 2.75) is 57.4 Å². The lowest BCUT2D eigenvalue weighted by Gasteiger charge is -2.50. The molecule has 15 rings (SSSR count). The van der Waals surface area contributed by atoms with E-state index in [1.807, 2.05) is 22.7 Å². The summed E-state index contributed by atoms with van der Waals surface area (Å²) in [4.78, 5) is 8.06. The van der Waals surface area contributed by atoms with Crippen LogP contribution in [0.2, 0.25) is 0 Å². The Balaban J connectivity index is 1.05. The van der Waals surface area contributed by atoms with Crippen LogP contribution in [0.3, 0.4) is 0 Å². The third kappa shape index (κ3) is 5.39. The molecule has 5 heterocycles. The second-order valence-electron chi connectivity index (χ2n) is 20.4. The highest BCUT2D eigenvalue weighted by molar-refractivity contribution is 7.26. The van der Waals surface area contributed by atoms with Gasteiger partial charge in [-0.15, -0.1) is 22.7 Å².